The first kappa shape index (κ1) is 28.4. The van der Waals surface area contributed by atoms with Crippen molar-refractivity contribution in [3.63, 3.8) is 0 Å². The molecule has 3 aliphatic heterocycles. The van der Waals surface area contributed by atoms with Gasteiger partial charge in [-0.05, 0) is 66.9 Å². The SMILES string of the molecule is COc1cc(/C=C/C(O)=C/C(=O)C2C3CCCCN3C3(C(=O)Nc4ccccc43)C2c2ccc(O)c(OC)c2)ccc1O. The highest BCUT2D eigenvalue weighted by Crippen LogP contribution is 2.61. The summed E-state index contributed by atoms with van der Waals surface area (Å²) >= 11 is 0. The number of phenolic OH excluding ortho intramolecular Hbond substituents is 2. The summed E-state index contributed by atoms with van der Waals surface area (Å²) in [6.07, 6.45) is 6.79. The highest BCUT2D eigenvalue weighted by molar-refractivity contribution is 6.08. The summed E-state index contributed by atoms with van der Waals surface area (Å²) < 4.78 is 10.6. The molecular weight excluding hydrogens is 548 g/mol. The molecule has 43 heavy (non-hydrogen) atoms. The number of allylic oxidation sites excluding steroid dienone is 2. The van der Waals surface area contributed by atoms with E-state index in [1.165, 1.54) is 38.5 Å². The van der Waals surface area contributed by atoms with Gasteiger partial charge in [0.25, 0.3) is 0 Å². The number of aromatic hydroxyl groups is 2. The molecule has 3 heterocycles. The van der Waals surface area contributed by atoms with Gasteiger partial charge in [-0.25, -0.2) is 0 Å². The quantitative estimate of drug-likeness (QED) is 0.169. The maximum atomic E-state index is 14.3. The normalized spacial score (nSPS) is 25.0. The topological polar surface area (TPSA) is 129 Å². The van der Waals surface area contributed by atoms with Gasteiger partial charge in [0.1, 0.15) is 11.3 Å². The van der Waals surface area contributed by atoms with E-state index in [9.17, 15) is 24.9 Å². The Kier molecular flexibility index (Phi) is 7.35. The molecule has 0 aromatic heterocycles. The number of carbonyl (C=O) groups is 2. The van der Waals surface area contributed by atoms with E-state index in [0.29, 0.717) is 23.4 Å². The maximum absolute atomic E-state index is 14.3. The van der Waals surface area contributed by atoms with Gasteiger partial charge in [0, 0.05) is 35.2 Å². The van der Waals surface area contributed by atoms with Crippen LogP contribution in [0.25, 0.3) is 6.08 Å². The number of carbonyl (C=O) groups excluding carboxylic acids is 2. The molecule has 0 saturated carbocycles. The number of para-hydroxylation sites is 1. The molecule has 3 aromatic carbocycles. The van der Waals surface area contributed by atoms with Gasteiger partial charge >= 0.3 is 0 Å². The van der Waals surface area contributed by atoms with Crippen molar-refractivity contribution in [1.82, 2.24) is 4.90 Å². The molecule has 6 rings (SSSR count). The number of methoxy groups -OCH3 is 2. The lowest BCUT2D eigenvalue weighted by Gasteiger charge is -2.41. The van der Waals surface area contributed by atoms with Crippen LogP contribution in [0.1, 0.15) is 41.9 Å². The van der Waals surface area contributed by atoms with E-state index in [4.69, 9.17) is 9.47 Å². The zero-order valence-corrected chi connectivity index (χ0v) is 24.0. The number of nitrogens with one attached hydrogen (secondary N) is 1. The first-order chi connectivity index (χ1) is 20.8. The molecule has 0 radical (unpaired) electrons. The highest BCUT2D eigenvalue weighted by atomic mass is 16.5. The summed E-state index contributed by atoms with van der Waals surface area (Å²) in [6, 6.07) is 17.1. The van der Waals surface area contributed by atoms with Crippen LogP contribution in [0.2, 0.25) is 0 Å². The van der Waals surface area contributed by atoms with Crippen LogP contribution < -0.4 is 14.8 Å². The monoisotopic (exact) mass is 582 g/mol. The largest absolute Gasteiger partial charge is 0.508 e. The zero-order valence-electron chi connectivity index (χ0n) is 24.0. The fraction of sp³-hybridized carbons (Fsp3) is 0.294. The number of ketones is 1. The predicted molar refractivity (Wildman–Crippen MR) is 161 cm³/mol. The molecule has 3 aliphatic rings. The van der Waals surface area contributed by atoms with Crippen molar-refractivity contribution in [1.29, 1.82) is 0 Å². The number of fused-ring (bicyclic) bond motifs is 4. The Morgan fingerprint density at radius 1 is 1.00 bits per heavy atom. The average molecular weight is 583 g/mol. The summed E-state index contributed by atoms with van der Waals surface area (Å²) in [4.78, 5) is 30.6. The lowest BCUT2D eigenvalue weighted by atomic mass is 9.70. The van der Waals surface area contributed by atoms with Crippen LogP contribution in [-0.4, -0.2) is 58.7 Å². The first-order valence-electron chi connectivity index (χ1n) is 14.3. The van der Waals surface area contributed by atoms with E-state index < -0.39 is 17.4 Å². The van der Waals surface area contributed by atoms with Crippen LogP contribution in [0.5, 0.6) is 23.0 Å². The molecule has 1 amide bonds. The number of hydrogen-bond donors (Lipinski definition) is 4. The number of nitrogens with zero attached hydrogens (tertiary/aromatic N) is 1. The van der Waals surface area contributed by atoms with Crippen molar-refractivity contribution in [3.8, 4) is 23.0 Å². The molecule has 2 fully saturated rings. The molecule has 9 heteroatoms. The molecule has 222 valence electrons. The number of piperidine rings is 1. The Morgan fingerprint density at radius 2 is 1.72 bits per heavy atom. The number of benzene rings is 3. The molecule has 2 saturated heterocycles. The predicted octanol–water partition coefficient (Wildman–Crippen LogP) is 5.25. The Bertz CT molecular complexity index is 1650. The number of anilines is 1. The number of amides is 1. The van der Waals surface area contributed by atoms with Gasteiger partial charge in [-0.15, -0.1) is 0 Å². The van der Waals surface area contributed by atoms with E-state index in [1.54, 1.807) is 30.3 Å². The lowest BCUT2D eigenvalue weighted by Crippen LogP contribution is -2.53. The third kappa shape index (κ3) is 4.60. The van der Waals surface area contributed by atoms with Crippen LogP contribution in [0.15, 0.2) is 78.6 Å². The first-order valence-corrected chi connectivity index (χ1v) is 14.3. The molecule has 0 bridgehead atoms. The summed E-state index contributed by atoms with van der Waals surface area (Å²) in [7, 11) is 2.91. The molecule has 9 nitrogen and oxygen atoms in total. The van der Waals surface area contributed by atoms with E-state index in [0.717, 1.165) is 24.8 Å². The minimum Gasteiger partial charge on any atom is -0.508 e. The van der Waals surface area contributed by atoms with E-state index in [2.05, 4.69) is 10.2 Å². The Morgan fingerprint density at radius 3 is 2.49 bits per heavy atom. The third-order valence-corrected chi connectivity index (χ3v) is 8.99. The van der Waals surface area contributed by atoms with Crippen molar-refractivity contribution >= 4 is 23.5 Å². The number of aliphatic hydroxyl groups is 1. The molecule has 4 unspecified atom stereocenters. The molecule has 1 spiro atoms. The van der Waals surface area contributed by atoms with Gasteiger partial charge < -0.3 is 30.1 Å². The van der Waals surface area contributed by atoms with Gasteiger partial charge in [0.2, 0.25) is 5.91 Å². The van der Waals surface area contributed by atoms with Crippen LogP contribution in [0.4, 0.5) is 5.69 Å². The van der Waals surface area contributed by atoms with E-state index in [-0.39, 0.29) is 46.5 Å². The van der Waals surface area contributed by atoms with E-state index in [1.807, 2.05) is 24.3 Å². The Hall–Kier alpha value is -4.76. The van der Waals surface area contributed by atoms with Crippen LogP contribution >= 0.6 is 0 Å². The minimum atomic E-state index is -1.16. The summed E-state index contributed by atoms with van der Waals surface area (Å²) in [6.45, 7) is 0.639. The van der Waals surface area contributed by atoms with E-state index >= 15 is 0 Å². The van der Waals surface area contributed by atoms with Crippen molar-refractivity contribution < 1.29 is 34.4 Å². The number of rotatable bonds is 7. The summed E-state index contributed by atoms with van der Waals surface area (Å²) in [5, 5.41) is 34.2. The Labute approximate surface area is 249 Å². The standard InChI is InChI=1S/C34H34N2O7/c1-42-29-17-20(11-14-26(29)38)10-13-22(37)19-28(40)31-25-9-5-6-16-36(25)34(23-7-3-4-8-24(23)35-33(34)41)32(31)21-12-15-27(39)30(18-21)43-2/h3-4,7-8,10-15,17-19,25,31-32,37-39H,5-6,9,16H2,1-2H3,(H,35,41)/b13-10+,22-19-. The maximum Gasteiger partial charge on any atom is 0.250 e. The number of phenols is 2. The molecule has 0 aliphatic carbocycles. The minimum absolute atomic E-state index is 0.00350. The average Bonchev–Trinajstić information content (AvgIpc) is 3.49. The number of aliphatic hydroxyl groups excluding tert-OH is 1. The number of hydrogen-bond acceptors (Lipinski definition) is 8. The van der Waals surface area contributed by atoms with Crippen molar-refractivity contribution in [2.24, 2.45) is 5.92 Å². The smallest absolute Gasteiger partial charge is 0.250 e. The Balaban J connectivity index is 1.46. The third-order valence-electron chi connectivity index (χ3n) is 8.99. The van der Waals surface area contributed by atoms with Gasteiger partial charge in [-0.3, -0.25) is 14.5 Å². The molecule has 4 N–H and O–H groups in total. The second-order valence-corrected chi connectivity index (χ2v) is 11.2. The van der Waals surface area contributed by atoms with Crippen molar-refractivity contribution in [2.75, 3.05) is 26.1 Å². The van der Waals surface area contributed by atoms with Crippen LogP contribution in [0.3, 0.4) is 0 Å². The highest BCUT2D eigenvalue weighted by Gasteiger charge is 2.67. The van der Waals surface area contributed by atoms with Crippen molar-refractivity contribution in [3.05, 3.63) is 95.3 Å². The van der Waals surface area contributed by atoms with Gasteiger partial charge in [-0.2, -0.15) is 0 Å². The zero-order chi connectivity index (χ0) is 30.3. The van der Waals surface area contributed by atoms with Gasteiger partial charge in [0.15, 0.2) is 28.8 Å². The molecule has 4 atom stereocenters. The molecule has 3 aromatic rings. The van der Waals surface area contributed by atoms with Gasteiger partial charge in [0.05, 0.1) is 14.2 Å². The second-order valence-electron chi connectivity index (χ2n) is 11.2. The van der Waals surface area contributed by atoms with Crippen LogP contribution in [0, 0.1) is 5.92 Å². The van der Waals surface area contributed by atoms with Crippen molar-refractivity contribution in [2.45, 2.75) is 36.8 Å². The van der Waals surface area contributed by atoms with Crippen LogP contribution in [-0.2, 0) is 15.1 Å². The fourth-order valence-corrected chi connectivity index (χ4v) is 7.25. The summed E-state index contributed by atoms with van der Waals surface area (Å²) in [5.41, 5.74) is 1.72. The summed E-state index contributed by atoms with van der Waals surface area (Å²) in [5.74, 6) is -1.53. The lowest BCUT2D eigenvalue weighted by molar-refractivity contribution is -0.128. The fourth-order valence-electron chi connectivity index (χ4n) is 7.25. The molecular formula is C34H34N2O7. The second kappa shape index (κ2) is 11.1. The van der Waals surface area contributed by atoms with Gasteiger partial charge in [-0.1, -0.05) is 42.8 Å². The number of ether oxygens (including phenoxy) is 2.